The second-order valence-corrected chi connectivity index (χ2v) is 8.57. The molecule has 4 N–H and O–H groups in total. The SMILES string of the molecule is Cc1ccc2c(N)c(C(=O)NCCc3ccc(N4CCNCC4)c(OC(F)F)c3)sc2n1. The number of alkyl halides is 2. The molecule has 1 aliphatic rings. The van der Waals surface area contributed by atoms with E-state index in [0.717, 1.165) is 47.7 Å². The predicted molar refractivity (Wildman–Crippen MR) is 123 cm³/mol. The van der Waals surface area contributed by atoms with E-state index in [2.05, 4.69) is 15.6 Å². The number of nitrogens with zero attached hydrogens (tertiary/aromatic N) is 2. The number of anilines is 2. The van der Waals surface area contributed by atoms with Gasteiger partial charge in [-0.25, -0.2) is 4.98 Å². The minimum absolute atomic E-state index is 0.154. The number of thiophene rings is 1. The maximum atomic E-state index is 13.0. The number of hydrogen-bond acceptors (Lipinski definition) is 7. The molecule has 3 heterocycles. The molecule has 0 unspecified atom stereocenters. The van der Waals surface area contributed by atoms with Crippen LogP contribution in [0.25, 0.3) is 10.2 Å². The summed E-state index contributed by atoms with van der Waals surface area (Å²) >= 11 is 1.26. The van der Waals surface area contributed by atoms with Crippen LogP contribution in [0.3, 0.4) is 0 Å². The van der Waals surface area contributed by atoms with Gasteiger partial charge in [0.05, 0.1) is 11.4 Å². The van der Waals surface area contributed by atoms with E-state index < -0.39 is 6.61 Å². The first-order valence-corrected chi connectivity index (χ1v) is 11.2. The van der Waals surface area contributed by atoms with Gasteiger partial charge in [-0.2, -0.15) is 8.78 Å². The Hall–Kier alpha value is -2.98. The highest BCUT2D eigenvalue weighted by atomic mass is 32.1. The Balaban J connectivity index is 1.43. The summed E-state index contributed by atoms with van der Waals surface area (Å²) in [4.78, 5) is 20.2. The number of aromatic nitrogens is 1. The first-order chi connectivity index (χ1) is 15.4. The average molecular weight is 462 g/mol. The number of ether oxygens (including phenoxy) is 1. The van der Waals surface area contributed by atoms with Crippen LogP contribution in [0.1, 0.15) is 20.9 Å². The fourth-order valence-corrected chi connectivity index (χ4v) is 4.79. The van der Waals surface area contributed by atoms with Crippen molar-refractivity contribution in [1.29, 1.82) is 0 Å². The van der Waals surface area contributed by atoms with E-state index in [1.165, 1.54) is 11.3 Å². The Morgan fingerprint density at radius 1 is 1.31 bits per heavy atom. The normalized spacial score (nSPS) is 14.2. The average Bonchev–Trinajstić information content (AvgIpc) is 3.09. The lowest BCUT2D eigenvalue weighted by molar-refractivity contribution is -0.0495. The number of hydrogen-bond donors (Lipinski definition) is 3. The lowest BCUT2D eigenvalue weighted by Crippen LogP contribution is -2.43. The van der Waals surface area contributed by atoms with Gasteiger partial charge in [0.2, 0.25) is 0 Å². The van der Waals surface area contributed by atoms with E-state index in [0.29, 0.717) is 29.2 Å². The Morgan fingerprint density at radius 3 is 2.84 bits per heavy atom. The number of carbonyl (C=O) groups is 1. The van der Waals surface area contributed by atoms with Gasteiger partial charge in [0.25, 0.3) is 5.91 Å². The molecule has 3 aromatic rings. The molecule has 0 atom stereocenters. The van der Waals surface area contributed by atoms with Crippen molar-refractivity contribution < 1.29 is 18.3 Å². The van der Waals surface area contributed by atoms with Gasteiger partial charge in [-0.3, -0.25) is 4.79 Å². The molecule has 1 saturated heterocycles. The molecular weight excluding hydrogens is 436 g/mol. The zero-order valence-corrected chi connectivity index (χ0v) is 18.5. The van der Waals surface area contributed by atoms with Gasteiger partial charge in [-0.05, 0) is 43.2 Å². The standard InChI is InChI=1S/C22H25F2N5O2S/c1-13-2-4-15-18(25)19(32-21(15)28-13)20(30)27-7-6-14-3-5-16(17(12-14)31-22(23)24)29-10-8-26-9-11-29/h2-5,12,22,26H,6-11,25H2,1H3,(H,27,30). The number of pyridine rings is 1. The third kappa shape index (κ3) is 4.91. The number of rotatable bonds is 7. The molecule has 0 radical (unpaired) electrons. The summed E-state index contributed by atoms with van der Waals surface area (Å²) < 4.78 is 30.7. The fourth-order valence-electron chi connectivity index (χ4n) is 3.73. The summed E-state index contributed by atoms with van der Waals surface area (Å²) in [5, 5.41) is 6.87. The van der Waals surface area contributed by atoms with E-state index in [9.17, 15) is 13.6 Å². The van der Waals surface area contributed by atoms with Crippen molar-refractivity contribution in [3.05, 3.63) is 46.5 Å². The Kier molecular flexibility index (Phi) is 6.71. The number of halogens is 2. The molecule has 0 bridgehead atoms. The molecule has 1 aromatic carbocycles. The molecule has 2 aromatic heterocycles. The summed E-state index contributed by atoms with van der Waals surface area (Å²) in [6, 6.07) is 9.03. The lowest BCUT2D eigenvalue weighted by atomic mass is 10.1. The molecular formula is C22H25F2N5O2S. The molecule has 1 amide bonds. The summed E-state index contributed by atoms with van der Waals surface area (Å²) in [6.07, 6.45) is 0.468. The zero-order valence-electron chi connectivity index (χ0n) is 17.7. The monoisotopic (exact) mass is 461 g/mol. The quantitative estimate of drug-likeness (QED) is 0.501. The van der Waals surface area contributed by atoms with Crippen molar-refractivity contribution in [2.24, 2.45) is 0 Å². The second kappa shape index (κ2) is 9.66. The van der Waals surface area contributed by atoms with Crippen molar-refractivity contribution in [1.82, 2.24) is 15.6 Å². The third-order valence-electron chi connectivity index (χ3n) is 5.34. The maximum absolute atomic E-state index is 13.0. The molecule has 1 fully saturated rings. The van der Waals surface area contributed by atoms with E-state index in [1.54, 1.807) is 12.1 Å². The molecule has 7 nitrogen and oxygen atoms in total. The number of piperazine rings is 1. The molecule has 10 heteroatoms. The predicted octanol–water partition coefficient (Wildman–Crippen LogP) is 3.17. The highest BCUT2D eigenvalue weighted by Gasteiger charge is 2.19. The molecule has 32 heavy (non-hydrogen) atoms. The van der Waals surface area contributed by atoms with Crippen LogP contribution < -0.4 is 26.0 Å². The minimum atomic E-state index is -2.90. The first kappa shape index (κ1) is 22.2. The highest BCUT2D eigenvalue weighted by Crippen LogP contribution is 2.33. The smallest absolute Gasteiger partial charge is 0.387 e. The molecule has 0 aliphatic carbocycles. The van der Waals surface area contributed by atoms with Gasteiger partial charge in [-0.1, -0.05) is 6.07 Å². The minimum Gasteiger partial charge on any atom is -0.433 e. The molecule has 4 rings (SSSR count). The van der Waals surface area contributed by atoms with Gasteiger partial charge in [0.15, 0.2) is 0 Å². The Bertz CT molecular complexity index is 1120. The van der Waals surface area contributed by atoms with Crippen LogP contribution in [0.5, 0.6) is 5.75 Å². The summed E-state index contributed by atoms with van der Waals surface area (Å²) in [5.41, 5.74) is 8.86. The fraction of sp³-hybridized carbons (Fsp3) is 0.364. The Labute approximate surface area is 188 Å². The molecule has 0 saturated carbocycles. The van der Waals surface area contributed by atoms with E-state index >= 15 is 0 Å². The van der Waals surface area contributed by atoms with E-state index in [4.69, 9.17) is 10.5 Å². The van der Waals surface area contributed by atoms with Gasteiger partial charge >= 0.3 is 6.61 Å². The zero-order chi connectivity index (χ0) is 22.7. The second-order valence-electron chi connectivity index (χ2n) is 7.57. The largest absolute Gasteiger partial charge is 0.433 e. The van der Waals surface area contributed by atoms with Crippen molar-refractivity contribution >= 4 is 38.8 Å². The lowest BCUT2D eigenvalue weighted by Gasteiger charge is -2.31. The number of nitrogens with one attached hydrogen (secondary N) is 2. The number of amides is 1. The summed E-state index contributed by atoms with van der Waals surface area (Å²) in [7, 11) is 0. The maximum Gasteiger partial charge on any atom is 0.387 e. The molecule has 1 aliphatic heterocycles. The van der Waals surface area contributed by atoms with Crippen molar-refractivity contribution in [3.63, 3.8) is 0 Å². The number of fused-ring (bicyclic) bond motifs is 1. The molecule has 170 valence electrons. The van der Waals surface area contributed by atoms with Crippen LogP contribution in [0.2, 0.25) is 0 Å². The third-order valence-corrected chi connectivity index (χ3v) is 6.45. The van der Waals surface area contributed by atoms with Crippen LogP contribution in [0.4, 0.5) is 20.2 Å². The van der Waals surface area contributed by atoms with Gasteiger partial charge in [-0.15, -0.1) is 11.3 Å². The van der Waals surface area contributed by atoms with Gasteiger partial charge < -0.3 is 26.0 Å². The van der Waals surface area contributed by atoms with Crippen LogP contribution in [-0.4, -0.2) is 50.2 Å². The number of nitrogen functional groups attached to an aromatic ring is 1. The number of nitrogens with two attached hydrogens (primary N) is 1. The van der Waals surface area contributed by atoms with Gasteiger partial charge in [0, 0.05) is 43.8 Å². The van der Waals surface area contributed by atoms with Crippen molar-refractivity contribution in [2.45, 2.75) is 20.0 Å². The number of aryl methyl sites for hydroxylation is 1. The van der Waals surface area contributed by atoms with Crippen LogP contribution >= 0.6 is 11.3 Å². The number of benzene rings is 1. The Morgan fingerprint density at radius 2 is 2.09 bits per heavy atom. The van der Waals surface area contributed by atoms with Crippen molar-refractivity contribution in [3.8, 4) is 5.75 Å². The summed E-state index contributed by atoms with van der Waals surface area (Å²) in [6.45, 7) is 2.34. The van der Waals surface area contributed by atoms with Crippen molar-refractivity contribution in [2.75, 3.05) is 43.4 Å². The van der Waals surface area contributed by atoms with Crippen LogP contribution in [0, 0.1) is 6.92 Å². The van der Waals surface area contributed by atoms with Gasteiger partial charge in [0.1, 0.15) is 15.5 Å². The van der Waals surface area contributed by atoms with E-state index in [-0.39, 0.29) is 11.7 Å². The van der Waals surface area contributed by atoms with Crippen LogP contribution in [-0.2, 0) is 6.42 Å². The first-order valence-electron chi connectivity index (χ1n) is 10.4. The summed E-state index contributed by atoms with van der Waals surface area (Å²) in [5.74, 6) is -0.120. The molecule has 0 spiro atoms. The van der Waals surface area contributed by atoms with Crippen LogP contribution in [0.15, 0.2) is 30.3 Å². The topological polar surface area (TPSA) is 92.5 Å². The highest BCUT2D eigenvalue weighted by molar-refractivity contribution is 7.21. The number of carbonyl (C=O) groups excluding carboxylic acids is 1. The van der Waals surface area contributed by atoms with E-state index in [1.807, 2.05) is 30.0 Å².